The number of nitrogens with zero attached hydrogens (tertiary/aromatic N) is 1. The highest BCUT2D eigenvalue weighted by Gasteiger charge is 2.17. The van der Waals surface area contributed by atoms with E-state index < -0.39 is 0 Å². The van der Waals surface area contributed by atoms with Gasteiger partial charge < -0.3 is 10.7 Å². The van der Waals surface area contributed by atoms with Gasteiger partial charge in [-0.3, -0.25) is 4.68 Å². The van der Waals surface area contributed by atoms with E-state index in [4.69, 9.17) is 0 Å². The second kappa shape index (κ2) is 4.91. The first-order valence-corrected chi connectivity index (χ1v) is 6.31. The summed E-state index contributed by atoms with van der Waals surface area (Å²) in [6.07, 6.45) is 3.87. The van der Waals surface area contributed by atoms with Gasteiger partial charge in [0.1, 0.15) is 0 Å². The maximum absolute atomic E-state index is 3.56. The van der Waals surface area contributed by atoms with Crippen molar-refractivity contribution in [3.8, 4) is 0 Å². The minimum absolute atomic E-state index is 0.514. The van der Waals surface area contributed by atoms with Gasteiger partial charge in [-0.2, -0.15) is 0 Å². The molecule has 0 spiro atoms. The Bertz CT molecular complexity index is 317. The van der Waals surface area contributed by atoms with E-state index >= 15 is 0 Å². The highest BCUT2D eigenvalue weighted by molar-refractivity contribution is 5.15. The predicted octanol–water partition coefficient (Wildman–Crippen LogP) is 2.18. The van der Waals surface area contributed by atoms with Crippen molar-refractivity contribution in [2.45, 2.75) is 52.1 Å². The molecule has 1 saturated heterocycles. The summed E-state index contributed by atoms with van der Waals surface area (Å²) in [7, 11) is 0. The largest absolute Gasteiger partial charge is 0.323 e. The first-order valence-electron chi connectivity index (χ1n) is 6.31. The zero-order valence-electron chi connectivity index (χ0n) is 10.6. The number of hydrogen-bond acceptors (Lipinski definition) is 2. The summed E-state index contributed by atoms with van der Waals surface area (Å²) < 4.78 is 2.19. The standard InChI is InChI=1S/C13H23N3/c1-10(9-13-5-4-8-14-13)15-16-11(2)6-7-12(16)3/h6-7,10,13-15H,4-5,8-9H2,1-3H3. The van der Waals surface area contributed by atoms with Gasteiger partial charge in [0, 0.05) is 23.5 Å². The molecule has 1 fully saturated rings. The van der Waals surface area contributed by atoms with Gasteiger partial charge in [-0.15, -0.1) is 0 Å². The Morgan fingerprint density at radius 1 is 1.44 bits per heavy atom. The molecule has 0 amide bonds. The van der Waals surface area contributed by atoms with Crippen LogP contribution in [0.25, 0.3) is 0 Å². The van der Waals surface area contributed by atoms with E-state index in [2.05, 4.69) is 48.3 Å². The van der Waals surface area contributed by atoms with Crippen LogP contribution < -0.4 is 10.7 Å². The smallest absolute Gasteiger partial charge is 0.0411 e. The average molecular weight is 221 g/mol. The Kier molecular flexibility index (Phi) is 3.54. The fourth-order valence-corrected chi connectivity index (χ4v) is 2.53. The average Bonchev–Trinajstić information content (AvgIpc) is 2.83. The first kappa shape index (κ1) is 11.5. The molecule has 0 bridgehead atoms. The Morgan fingerprint density at radius 3 is 2.69 bits per heavy atom. The lowest BCUT2D eigenvalue weighted by Gasteiger charge is -2.22. The third-order valence-electron chi connectivity index (χ3n) is 3.42. The van der Waals surface area contributed by atoms with Crippen LogP contribution in [0.2, 0.25) is 0 Å². The quantitative estimate of drug-likeness (QED) is 0.816. The van der Waals surface area contributed by atoms with E-state index in [1.165, 1.54) is 37.2 Å². The number of aromatic nitrogens is 1. The van der Waals surface area contributed by atoms with Crippen molar-refractivity contribution in [1.29, 1.82) is 0 Å². The fourth-order valence-electron chi connectivity index (χ4n) is 2.53. The molecule has 2 unspecified atom stereocenters. The van der Waals surface area contributed by atoms with Gasteiger partial charge in [-0.05, 0) is 58.7 Å². The highest BCUT2D eigenvalue weighted by atomic mass is 15.4. The SMILES string of the molecule is Cc1ccc(C)n1NC(C)CC1CCCN1. The molecule has 2 N–H and O–H groups in total. The topological polar surface area (TPSA) is 29.0 Å². The fraction of sp³-hybridized carbons (Fsp3) is 0.692. The van der Waals surface area contributed by atoms with Crippen molar-refractivity contribution in [3.63, 3.8) is 0 Å². The molecular formula is C13H23N3. The molecule has 0 aromatic carbocycles. The van der Waals surface area contributed by atoms with E-state index in [1.54, 1.807) is 0 Å². The van der Waals surface area contributed by atoms with Crippen LogP contribution >= 0.6 is 0 Å². The maximum atomic E-state index is 3.56. The predicted molar refractivity (Wildman–Crippen MR) is 68.4 cm³/mol. The van der Waals surface area contributed by atoms with Gasteiger partial charge in [0.15, 0.2) is 0 Å². The zero-order valence-corrected chi connectivity index (χ0v) is 10.6. The van der Waals surface area contributed by atoms with Crippen LogP contribution in [-0.2, 0) is 0 Å². The van der Waals surface area contributed by atoms with E-state index in [1.807, 2.05) is 0 Å². The summed E-state index contributed by atoms with van der Waals surface area (Å²) in [4.78, 5) is 0. The molecule has 2 rings (SSSR count). The third-order valence-corrected chi connectivity index (χ3v) is 3.42. The number of nitrogens with one attached hydrogen (secondary N) is 2. The second-order valence-corrected chi connectivity index (χ2v) is 5.01. The molecule has 1 aliphatic heterocycles. The highest BCUT2D eigenvalue weighted by Crippen LogP contribution is 2.12. The lowest BCUT2D eigenvalue weighted by molar-refractivity contribution is 0.499. The van der Waals surface area contributed by atoms with E-state index in [-0.39, 0.29) is 0 Å². The molecule has 1 aromatic rings. The monoisotopic (exact) mass is 221 g/mol. The van der Waals surface area contributed by atoms with Crippen molar-refractivity contribution >= 4 is 0 Å². The van der Waals surface area contributed by atoms with Crippen molar-refractivity contribution in [1.82, 2.24) is 9.99 Å². The van der Waals surface area contributed by atoms with E-state index in [9.17, 15) is 0 Å². The molecule has 0 radical (unpaired) electrons. The Balaban J connectivity index is 1.88. The molecule has 2 atom stereocenters. The van der Waals surface area contributed by atoms with Crippen LogP contribution in [0.15, 0.2) is 12.1 Å². The van der Waals surface area contributed by atoms with Gasteiger partial charge in [0.2, 0.25) is 0 Å². The maximum Gasteiger partial charge on any atom is 0.0411 e. The minimum atomic E-state index is 0.514. The molecule has 2 heterocycles. The molecule has 1 aromatic heterocycles. The molecule has 3 nitrogen and oxygen atoms in total. The molecule has 0 saturated carbocycles. The van der Waals surface area contributed by atoms with Gasteiger partial charge in [0.05, 0.1) is 0 Å². The Morgan fingerprint density at radius 2 is 2.12 bits per heavy atom. The summed E-state index contributed by atoms with van der Waals surface area (Å²) in [5, 5.41) is 3.55. The van der Waals surface area contributed by atoms with Crippen molar-refractivity contribution in [3.05, 3.63) is 23.5 Å². The normalized spacial score (nSPS) is 22.3. The minimum Gasteiger partial charge on any atom is -0.323 e. The lowest BCUT2D eigenvalue weighted by Crippen LogP contribution is -2.33. The lowest BCUT2D eigenvalue weighted by atomic mass is 10.1. The zero-order chi connectivity index (χ0) is 11.5. The second-order valence-electron chi connectivity index (χ2n) is 5.01. The van der Waals surface area contributed by atoms with Crippen LogP contribution in [0.5, 0.6) is 0 Å². The number of aryl methyl sites for hydroxylation is 2. The van der Waals surface area contributed by atoms with Gasteiger partial charge in [-0.25, -0.2) is 0 Å². The summed E-state index contributed by atoms with van der Waals surface area (Å²) >= 11 is 0. The first-order chi connectivity index (χ1) is 7.66. The van der Waals surface area contributed by atoms with Gasteiger partial charge in [-0.1, -0.05) is 0 Å². The summed E-state index contributed by atoms with van der Waals surface area (Å²) in [5.41, 5.74) is 6.12. The molecule has 1 aliphatic rings. The van der Waals surface area contributed by atoms with Crippen LogP contribution in [-0.4, -0.2) is 23.3 Å². The number of rotatable bonds is 4. The van der Waals surface area contributed by atoms with Crippen LogP contribution in [0, 0.1) is 13.8 Å². The molecular weight excluding hydrogens is 198 g/mol. The number of hydrogen-bond donors (Lipinski definition) is 2. The van der Waals surface area contributed by atoms with Gasteiger partial charge >= 0.3 is 0 Å². The van der Waals surface area contributed by atoms with Crippen LogP contribution in [0.1, 0.15) is 37.6 Å². The van der Waals surface area contributed by atoms with Gasteiger partial charge in [0.25, 0.3) is 0 Å². The summed E-state index contributed by atoms with van der Waals surface area (Å²) in [6.45, 7) is 7.74. The van der Waals surface area contributed by atoms with Crippen molar-refractivity contribution in [2.24, 2.45) is 0 Å². The van der Waals surface area contributed by atoms with Crippen LogP contribution in [0.3, 0.4) is 0 Å². The van der Waals surface area contributed by atoms with Crippen molar-refractivity contribution in [2.75, 3.05) is 12.0 Å². The van der Waals surface area contributed by atoms with E-state index in [0.29, 0.717) is 12.1 Å². The molecule has 16 heavy (non-hydrogen) atoms. The van der Waals surface area contributed by atoms with E-state index in [0.717, 1.165) is 0 Å². The summed E-state index contributed by atoms with van der Waals surface area (Å²) in [6, 6.07) is 5.53. The molecule has 3 heteroatoms. The Hall–Kier alpha value is -0.960. The molecule has 0 aliphatic carbocycles. The summed E-state index contributed by atoms with van der Waals surface area (Å²) in [5.74, 6) is 0. The Labute approximate surface area is 98.2 Å². The van der Waals surface area contributed by atoms with Crippen molar-refractivity contribution < 1.29 is 0 Å². The third kappa shape index (κ3) is 2.59. The van der Waals surface area contributed by atoms with Crippen LogP contribution in [0.4, 0.5) is 0 Å². The molecule has 90 valence electrons.